The fourth-order valence-electron chi connectivity index (χ4n) is 2.39. The maximum Gasteiger partial charge on any atom is 0.267 e. The normalized spacial score (nSPS) is 13.6. The van der Waals surface area contributed by atoms with E-state index in [4.69, 9.17) is 0 Å². The van der Waals surface area contributed by atoms with Crippen LogP contribution in [0.5, 0.6) is 0 Å². The van der Waals surface area contributed by atoms with Gasteiger partial charge in [0, 0.05) is 0 Å². The lowest BCUT2D eigenvalue weighted by Crippen LogP contribution is -2.20. The van der Waals surface area contributed by atoms with Crippen molar-refractivity contribution in [3.05, 3.63) is 0 Å². The molecule has 0 amide bonds. The third-order valence-electron chi connectivity index (χ3n) is 3.68. The van der Waals surface area contributed by atoms with E-state index in [1.807, 2.05) is 0 Å². The zero-order chi connectivity index (χ0) is 14.6. The number of unbranched alkanes of at least 4 members (excludes halogenated alkanes) is 8. The Labute approximate surface area is 119 Å². The largest absolute Gasteiger partial charge is 0.285 e. The SMILES string of the molecule is CCCCCCCCCC(CCCCC)S(=O)(=O)O. The van der Waals surface area contributed by atoms with Gasteiger partial charge < -0.3 is 0 Å². The highest BCUT2D eigenvalue weighted by Gasteiger charge is 2.21. The quantitative estimate of drug-likeness (QED) is 0.385. The molecule has 1 N–H and O–H groups in total. The van der Waals surface area contributed by atoms with E-state index in [9.17, 15) is 13.0 Å². The van der Waals surface area contributed by atoms with Crippen LogP contribution in [0.1, 0.15) is 90.9 Å². The van der Waals surface area contributed by atoms with Crippen molar-refractivity contribution in [1.29, 1.82) is 0 Å². The molecule has 3 nitrogen and oxygen atoms in total. The maximum atomic E-state index is 11.3. The smallest absolute Gasteiger partial charge is 0.267 e. The van der Waals surface area contributed by atoms with Gasteiger partial charge in [-0.15, -0.1) is 0 Å². The lowest BCUT2D eigenvalue weighted by molar-refractivity contribution is 0.444. The van der Waals surface area contributed by atoms with Crippen LogP contribution in [0.3, 0.4) is 0 Å². The van der Waals surface area contributed by atoms with Gasteiger partial charge in [-0.1, -0.05) is 78.1 Å². The molecule has 0 bridgehead atoms. The van der Waals surface area contributed by atoms with Crippen LogP contribution >= 0.6 is 0 Å². The van der Waals surface area contributed by atoms with Gasteiger partial charge in [0.25, 0.3) is 10.1 Å². The van der Waals surface area contributed by atoms with Crippen molar-refractivity contribution in [2.45, 2.75) is 96.1 Å². The second kappa shape index (κ2) is 11.7. The number of hydrogen-bond acceptors (Lipinski definition) is 2. The van der Waals surface area contributed by atoms with Gasteiger partial charge in [0.15, 0.2) is 0 Å². The molecule has 116 valence electrons. The first-order chi connectivity index (χ1) is 9.02. The Morgan fingerprint density at radius 2 is 1.11 bits per heavy atom. The van der Waals surface area contributed by atoms with Crippen molar-refractivity contribution < 1.29 is 13.0 Å². The van der Waals surface area contributed by atoms with Gasteiger partial charge in [0.2, 0.25) is 0 Å². The molecule has 0 heterocycles. The Bertz CT molecular complexity index is 286. The van der Waals surface area contributed by atoms with Crippen molar-refractivity contribution in [3.8, 4) is 0 Å². The van der Waals surface area contributed by atoms with Gasteiger partial charge in [-0.3, -0.25) is 4.55 Å². The molecule has 0 aromatic carbocycles. The molecule has 0 aromatic heterocycles. The summed E-state index contributed by atoms with van der Waals surface area (Å²) < 4.78 is 31.8. The van der Waals surface area contributed by atoms with Gasteiger partial charge in [-0.25, -0.2) is 0 Å². The molecule has 0 aliphatic heterocycles. The van der Waals surface area contributed by atoms with Crippen LogP contribution in [0.15, 0.2) is 0 Å². The molecular formula is C15H32O3S. The highest BCUT2D eigenvalue weighted by molar-refractivity contribution is 7.86. The summed E-state index contributed by atoms with van der Waals surface area (Å²) in [5.41, 5.74) is 0. The summed E-state index contributed by atoms with van der Waals surface area (Å²) in [5.74, 6) is 0. The number of hydrogen-bond donors (Lipinski definition) is 1. The molecule has 0 radical (unpaired) electrons. The van der Waals surface area contributed by atoms with Crippen molar-refractivity contribution in [3.63, 3.8) is 0 Å². The highest BCUT2D eigenvalue weighted by Crippen LogP contribution is 2.18. The third-order valence-corrected chi connectivity index (χ3v) is 4.99. The minimum absolute atomic E-state index is 0.533. The summed E-state index contributed by atoms with van der Waals surface area (Å²) in [7, 11) is -3.85. The van der Waals surface area contributed by atoms with Crippen molar-refractivity contribution in [2.75, 3.05) is 0 Å². The Balaban J connectivity index is 3.75. The summed E-state index contributed by atoms with van der Waals surface area (Å²) in [6.45, 7) is 4.30. The van der Waals surface area contributed by atoms with Crippen LogP contribution in [0, 0.1) is 0 Å². The van der Waals surface area contributed by atoms with Crippen LogP contribution in [0.25, 0.3) is 0 Å². The summed E-state index contributed by atoms with van der Waals surface area (Å²) in [4.78, 5) is 0. The van der Waals surface area contributed by atoms with E-state index in [2.05, 4.69) is 13.8 Å². The van der Waals surface area contributed by atoms with Gasteiger partial charge >= 0.3 is 0 Å². The van der Waals surface area contributed by atoms with Gasteiger partial charge in [0.05, 0.1) is 5.25 Å². The fraction of sp³-hybridized carbons (Fsp3) is 1.00. The molecule has 4 heteroatoms. The predicted octanol–water partition coefficient (Wildman–Crippen LogP) is 4.96. The topological polar surface area (TPSA) is 54.4 Å². The summed E-state index contributed by atoms with van der Waals surface area (Å²) in [6, 6.07) is 0. The van der Waals surface area contributed by atoms with E-state index in [-0.39, 0.29) is 0 Å². The maximum absolute atomic E-state index is 11.3. The van der Waals surface area contributed by atoms with Gasteiger partial charge in [-0.2, -0.15) is 8.42 Å². The molecule has 0 spiro atoms. The van der Waals surface area contributed by atoms with Gasteiger partial charge in [0.1, 0.15) is 0 Å². The molecule has 19 heavy (non-hydrogen) atoms. The molecule has 1 unspecified atom stereocenters. The lowest BCUT2D eigenvalue weighted by Gasteiger charge is -2.13. The third kappa shape index (κ3) is 11.4. The second-order valence-electron chi connectivity index (χ2n) is 5.54. The molecule has 0 fully saturated rings. The van der Waals surface area contributed by atoms with Gasteiger partial charge in [-0.05, 0) is 12.8 Å². The summed E-state index contributed by atoms with van der Waals surface area (Å²) in [5, 5.41) is -0.533. The standard InChI is InChI=1S/C15H32O3S/c1-3-5-7-8-9-10-12-14-15(19(16,17)18)13-11-6-4-2/h15H,3-14H2,1-2H3,(H,16,17,18). The second-order valence-corrected chi connectivity index (χ2v) is 7.24. The Morgan fingerprint density at radius 1 is 0.737 bits per heavy atom. The molecule has 1 atom stereocenters. The zero-order valence-electron chi connectivity index (χ0n) is 12.7. The Morgan fingerprint density at radius 3 is 1.58 bits per heavy atom. The molecule has 0 aliphatic rings. The minimum Gasteiger partial charge on any atom is -0.285 e. The molecular weight excluding hydrogens is 260 g/mol. The number of rotatable bonds is 13. The first-order valence-corrected chi connectivity index (χ1v) is 9.49. The first kappa shape index (κ1) is 18.9. The summed E-state index contributed by atoms with van der Waals surface area (Å²) >= 11 is 0. The monoisotopic (exact) mass is 292 g/mol. The van der Waals surface area contributed by atoms with Crippen LogP contribution in [-0.4, -0.2) is 18.2 Å². The molecule has 0 saturated heterocycles. The lowest BCUT2D eigenvalue weighted by atomic mass is 10.0. The average Bonchev–Trinajstić information content (AvgIpc) is 2.34. The van der Waals surface area contributed by atoms with E-state index >= 15 is 0 Å². The first-order valence-electron chi connectivity index (χ1n) is 7.98. The molecule has 0 aliphatic carbocycles. The van der Waals surface area contributed by atoms with E-state index in [0.29, 0.717) is 12.8 Å². The van der Waals surface area contributed by atoms with Crippen molar-refractivity contribution in [2.24, 2.45) is 0 Å². The molecule has 0 rings (SSSR count). The summed E-state index contributed by atoms with van der Waals surface area (Å²) in [6.07, 6.45) is 12.5. The minimum atomic E-state index is -3.85. The van der Waals surface area contributed by atoms with E-state index in [0.717, 1.165) is 32.1 Å². The van der Waals surface area contributed by atoms with E-state index in [1.165, 1.54) is 32.1 Å². The van der Waals surface area contributed by atoms with E-state index in [1.54, 1.807) is 0 Å². The van der Waals surface area contributed by atoms with E-state index < -0.39 is 15.4 Å². The van der Waals surface area contributed by atoms with Crippen LogP contribution in [-0.2, 0) is 10.1 Å². The van der Waals surface area contributed by atoms with Crippen LogP contribution < -0.4 is 0 Å². The van der Waals surface area contributed by atoms with Crippen molar-refractivity contribution >= 4 is 10.1 Å². The average molecular weight is 292 g/mol. The molecule has 0 saturated carbocycles. The fourth-order valence-corrected chi connectivity index (χ4v) is 3.32. The molecule has 0 aromatic rings. The zero-order valence-corrected chi connectivity index (χ0v) is 13.6. The van der Waals surface area contributed by atoms with Crippen molar-refractivity contribution in [1.82, 2.24) is 0 Å². The Kier molecular flexibility index (Phi) is 11.7. The Hall–Kier alpha value is -0.0900. The van der Waals surface area contributed by atoms with Crippen LogP contribution in [0.2, 0.25) is 0 Å². The van der Waals surface area contributed by atoms with Crippen LogP contribution in [0.4, 0.5) is 0 Å². The highest BCUT2D eigenvalue weighted by atomic mass is 32.2. The predicted molar refractivity (Wildman–Crippen MR) is 82.1 cm³/mol.